The first-order valence-corrected chi connectivity index (χ1v) is 6.57. The van der Waals surface area contributed by atoms with Crippen LogP contribution in [0.15, 0.2) is 18.2 Å². The van der Waals surface area contributed by atoms with Crippen molar-refractivity contribution in [1.29, 1.82) is 0 Å². The lowest BCUT2D eigenvalue weighted by atomic mass is 10.2. The fourth-order valence-corrected chi connectivity index (χ4v) is 1.93. The van der Waals surface area contributed by atoms with E-state index in [1.165, 1.54) is 6.07 Å². The molecule has 0 saturated carbocycles. The summed E-state index contributed by atoms with van der Waals surface area (Å²) in [4.78, 5) is 0. The van der Waals surface area contributed by atoms with Crippen molar-refractivity contribution in [2.45, 2.75) is 25.3 Å². The molecule has 20 heavy (non-hydrogen) atoms. The highest BCUT2D eigenvalue weighted by atomic mass is 35.5. The molecule has 7 heteroatoms. The Hall–Kier alpha value is -0.980. The number of hydrogen-bond donors (Lipinski definition) is 0. The van der Waals surface area contributed by atoms with Crippen molar-refractivity contribution in [1.82, 2.24) is 0 Å². The van der Waals surface area contributed by atoms with Crippen molar-refractivity contribution in [2.24, 2.45) is 0 Å². The normalized spacial score (nSPS) is 17.2. The zero-order valence-electron chi connectivity index (χ0n) is 10.6. The summed E-state index contributed by atoms with van der Waals surface area (Å²) < 4.78 is 53.6. The highest BCUT2D eigenvalue weighted by Crippen LogP contribution is 2.35. The molecule has 1 aromatic carbocycles. The van der Waals surface area contributed by atoms with Crippen molar-refractivity contribution >= 4 is 11.6 Å². The third-order valence-corrected chi connectivity index (χ3v) is 3.08. The topological polar surface area (TPSA) is 27.7 Å². The van der Waals surface area contributed by atoms with Gasteiger partial charge in [0.15, 0.2) is 6.29 Å². The largest absolute Gasteiger partial charge is 0.492 e. The van der Waals surface area contributed by atoms with Crippen LogP contribution in [-0.4, -0.2) is 26.1 Å². The molecule has 1 aliphatic heterocycles. The van der Waals surface area contributed by atoms with Crippen molar-refractivity contribution in [3.63, 3.8) is 0 Å². The van der Waals surface area contributed by atoms with Crippen LogP contribution in [0.5, 0.6) is 5.75 Å². The predicted molar refractivity (Wildman–Crippen MR) is 66.9 cm³/mol. The summed E-state index contributed by atoms with van der Waals surface area (Å²) in [5.41, 5.74) is -0.790. The summed E-state index contributed by atoms with van der Waals surface area (Å²) in [5.74, 6) is 0.0114. The molecule has 1 fully saturated rings. The lowest BCUT2D eigenvalue weighted by Crippen LogP contribution is -2.26. The Kier molecular flexibility index (Phi) is 5.12. The molecule has 1 aromatic rings. The Morgan fingerprint density at radius 3 is 2.60 bits per heavy atom. The van der Waals surface area contributed by atoms with Gasteiger partial charge in [-0.1, -0.05) is 11.6 Å². The molecule has 0 unspecified atom stereocenters. The van der Waals surface area contributed by atoms with E-state index in [1.807, 2.05) is 0 Å². The lowest BCUT2D eigenvalue weighted by Gasteiger charge is -2.23. The summed E-state index contributed by atoms with van der Waals surface area (Å²) in [6.45, 7) is 1.41. The minimum Gasteiger partial charge on any atom is -0.492 e. The fourth-order valence-electron chi connectivity index (χ4n) is 1.76. The molecular formula is C13H14ClF3O3. The van der Waals surface area contributed by atoms with Gasteiger partial charge in [0, 0.05) is 6.42 Å². The first-order chi connectivity index (χ1) is 9.47. The third kappa shape index (κ3) is 4.26. The zero-order valence-corrected chi connectivity index (χ0v) is 11.3. The van der Waals surface area contributed by atoms with Gasteiger partial charge in [-0.2, -0.15) is 13.2 Å². The fraction of sp³-hybridized carbons (Fsp3) is 0.538. The lowest BCUT2D eigenvalue weighted by molar-refractivity contribution is -0.183. The predicted octanol–water partition coefficient (Wildman–Crippen LogP) is 3.89. The van der Waals surface area contributed by atoms with E-state index in [4.69, 9.17) is 25.8 Å². The third-order valence-electron chi connectivity index (χ3n) is 2.77. The van der Waals surface area contributed by atoms with Crippen LogP contribution in [0.3, 0.4) is 0 Å². The average Bonchev–Trinajstić information content (AvgIpc) is 2.41. The molecular weight excluding hydrogens is 297 g/mol. The molecule has 0 N–H and O–H groups in total. The summed E-state index contributed by atoms with van der Waals surface area (Å²) in [5, 5.41) is 0.142. The monoisotopic (exact) mass is 310 g/mol. The molecule has 0 aromatic heterocycles. The molecule has 0 aliphatic carbocycles. The van der Waals surface area contributed by atoms with Crippen LogP contribution in [-0.2, 0) is 15.7 Å². The van der Waals surface area contributed by atoms with Crippen LogP contribution in [0, 0.1) is 0 Å². The highest BCUT2D eigenvalue weighted by molar-refractivity contribution is 6.32. The number of ether oxygens (including phenoxy) is 3. The van der Waals surface area contributed by atoms with E-state index >= 15 is 0 Å². The second-order valence-electron chi connectivity index (χ2n) is 4.30. The summed E-state index contributed by atoms with van der Waals surface area (Å²) in [6, 6.07) is 2.99. The molecule has 3 nitrogen and oxygen atoms in total. The number of hydrogen-bond acceptors (Lipinski definition) is 3. The van der Waals surface area contributed by atoms with E-state index in [0.717, 1.165) is 18.6 Å². The number of benzene rings is 1. The standard InChI is InChI=1S/C13H14ClF3O3/c14-10-3-2-9(13(15,16)17)8-11(10)18-7-4-12-19-5-1-6-20-12/h2-3,8,12H,1,4-7H2. The van der Waals surface area contributed by atoms with Gasteiger partial charge in [0.2, 0.25) is 0 Å². The maximum absolute atomic E-state index is 12.6. The van der Waals surface area contributed by atoms with E-state index in [1.54, 1.807) is 0 Å². The Morgan fingerprint density at radius 1 is 1.25 bits per heavy atom. The average molecular weight is 311 g/mol. The molecule has 1 heterocycles. The van der Waals surface area contributed by atoms with Gasteiger partial charge in [-0.25, -0.2) is 0 Å². The second kappa shape index (κ2) is 6.65. The zero-order chi connectivity index (χ0) is 14.6. The Morgan fingerprint density at radius 2 is 1.95 bits per heavy atom. The summed E-state index contributed by atoms with van der Waals surface area (Å²) >= 11 is 5.81. The van der Waals surface area contributed by atoms with Crippen LogP contribution in [0.2, 0.25) is 5.02 Å². The highest BCUT2D eigenvalue weighted by Gasteiger charge is 2.31. The molecule has 112 valence electrons. The van der Waals surface area contributed by atoms with Gasteiger partial charge in [-0.3, -0.25) is 0 Å². The molecule has 0 spiro atoms. The van der Waals surface area contributed by atoms with E-state index in [0.29, 0.717) is 19.6 Å². The van der Waals surface area contributed by atoms with Crippen molar-refractivity contribution in [3.05, 3.63) is 28.8 Å². The Labute approximate surface area is 119 Å². The maximum atomic E-state index is 12.6. The second-order valence-corrected chi connectivity index (χ2v) is 4.71. The summed E-state index contributed by atoms with van der Waals surface area (Å²) in [6.07, 6.45) is -3.50. The number of alkyl halides is 3. The minimum atomic E-state index is -4.42. The van der Waals surface area contributed by atoms with Gasteiger partial charge in [-0.15, -0.1) is 0 Å². The first kappa shape index (κ1) is 15.4. The molecule has 0 bridgehead atoms. The molecule has 1 saturated heterocycles. The van der Waals surface area contributed by atoms with Crippen LogP contribution < -0.4 is 4.74 Å². The van der Waals surface area contributed by atoms with Crippen LogP contribution >= 0.6 is 11.6 Å². The van der Waals surface area contributed by atoms with Gasteiger partial charge in [0.25, 0.3) is 0 Å². The van der Waals surface area contributed by atoms with E-state index in [9.17, 15) is 13.2 Å². The SMILES string of the molecule is FC(F)(F)c1ccc(Cl)c(OCCC2OCCCO2)c1. The van der Waals surface area contributed by atoms with Crippen LogP contribution in [0.1, 0.15) is 18.4 Å². The smallest absolute Gasteiger partial charge is 0.416 e. The molecule has 0 amide bonds. The summed E-state index contributed by atoms with van der Waals surface area (Å²) in [7, 11) is 0. The van der Waals surface area contributed by atoms with E-state index < -0.39 is 11.7 Å². The Balaban J connectivity index is 1.91. The first-order valence-electron chi connectivity index (χ1n) is 6.19. The minimum absolute atomic E-state index is 0.0114. The van der Waals surface area contributed by atoms with Gasteiger partial charge >= 0.3 is 6.18 Å². The number of rotatable bonds is 4. The van der Waals surface area contributed by atoms with Gasteiger partial charge in [-0.05, 0) is 24.6 Å². The van der Waals surface area contributed by atoms with E-state index in [2.05, 4.69) is 0 Å². The van der Waals surface area contributed by atoms with Gasteiger partial charge in [0.1, 0.15) is 5.75 Å². The van der Waals surface area contributed by atoms with Crippen LogP contribution in [0.4, 0.5) is 13.2 Å². The van der Waals surface area contributed by atoms with Crippen LogP contribution in [0.25, 0.3) is 0 Å². The van der Waals surface area contributed by atoms with Crippen molar-refractivity contribution in [2.75, 3.05) is 19.8 Å². The molecule has 1 aliphatic rings. The Bertz CT molecular complexity index is 445. The van der Waals surface area contributed by atoms with Gasteiger partial charge < -0.3 is 14.2 Å². The van der Waals surface area contributed by atoms with Gasteiger partial charge in [0.05, 0.1) is 30.4 Å². The molecule has 2 rings (SSSR count). The van der Waals surface area contributed by atoms with Crippen molar-refractivity contribution < 1.29 is 27.4 Å². The quantitative estimate of drug-likeness (QED) is 0.844. The molecule has 0 atom stereocenters. The molecule has 0 radical (unpaired) electrons. The van der Waals surface area contributed by atoms with E-state index in [-0.39, 0.29) is 23.7 Å². The maximum Gasteiger partial charge on any atom is 0.416 e. The number of halogens is 4. The van der Waals surface area contributed by atoms with Crippen molar-refractivity contribution in [3.8, 4) is 5.75 Å².